The minimum atomic E-state index is -1.08. The molecule has 0 radical (unpaired) electrons. The van der Waals surface area contributed by atoms with Crippen LogP contribution in [0.15, 0.2) is 41.8 Å². The van der Waals surface area contributed by atoms with Gasteiger partial charge in [0.1, 0.15) is 4.88 Å². The fourth-order valence-corrected chi connectivity index (χ4v) is 2.61. The zero-order valence-corrected chi connectivity index (χ0v) is 14.5. The highest BCUT2D eigenvalue weighted by molar-refractivity contribution is 7.11. The Morgan fingerprint density at radius 3 is 2.38 bits per heavy atom. The molecule has 2 aromatic rings. The van der Waals surface area contributed by atoms with Crippen molar-refractivity contribution in [1.29, 1.82) is 5.26 Å². The number of esters is 1. The van der Waals surface area contributed by atoms with Crippen LogP contribution in [-0.2, 0) is 9.53 Å². The van der Waals surface area contributed by atoms with E-state index in [1.807, 2.05) is 26.8 Å². The monoisotopic (exact) mass is 342 g/mol. The number of carbonyl (C=O) groups excluding carboxylic acids is 2. The zero-order chi connectivity index (χ0) is 17.7. The third-order valence-electron chi connectivity index (χ3n) is 3.03. The fraction of sp³-hybridized carbons (Fsp3) is 0.278. The van der Waals surface area contributed by atoms with Crippen LogP contribution in [0.25, 0.3) is 0 Å². The molecule has 0 aliphatic carbocycles. The number of amides is 1. The maximum absolute atomic E-state index is 12.6. The number of thiophene rings is 1. The highest BCUT2D eigenvalue weighted by Crippen LogP contribution is 2.22. The highest BCUT2D eigenvalue weighted by Gasteiger charge is 2.28. The molecule has 2 rings (SSSR count). The molecule has 0 fully saturated rings. The second-order valence-corrected chi connectivity index (χ2v) is 7.18. The Morgan fingerprint density at radius 2 is 1.88 bits per heavy atom. The molecule has 1 aromatic carbocycles. The van der Waals surface area contributed by atoms with E-state index in [-0.39, 0.29) is 0 Å². The molecular weight excluding hydrogens is 324 g/mol. The lowest BCUT2D eigenvalue weighted by atomic mass is 10.0. The third kappa shape index (κ3) is 4.67. The average molecular weight is 342 g/mol. The van der Waals surface area contributed by atoms with Crippen molar-refractivity contribution in [2.45, 2.75) is 32.4 Å². The molecule has 24 heavy (non-hydrogen) atoms. The van der Waals surface area contributed by atoms with Crippen molar-refractivity contribution < 1.29 is 14.3 Å². The Hall–Kier alpha value is -2.65. The largest absolute Gasteiger partial charge is 0.443 e. The summed E-state index contributed by atoms with van der Waals surface area (Å²) >= 11 is 1.25. The normalized spacial score (nSPS) is 12.1. The number of nitrogens with zero attached hydrogens (tertiary/aromatic N) is 1. The average Bonchev–Trinajstić information content (AvgIpc) is 3.05. The summed E-state index contributed by atoms with van der Waals surface area (Å²) < 4.78 is 5.44. The van der Waals surface area contributed by atoms with Crippen LogP contribution in [-0.4, -0.2) is 17.4 Å². The summed E-state index contributed by atoms with van der Waals surface area (Å²) in [5, 5.41) is 13.5. The van der Waals surface area contributed by atoms with E-state index in [4.69, 9.17) is 10.00 Å². The van der Waals surface area contributed by atoms with Crippen LogP contribution in [0.1, 0.15) is 47.7 Å². The second kappa shape index (κ2) is 7.28. The van der Waals surface area contributed by atoms with E-state index >= 15 is 0 Å². The molecule has 1 amide bonds. The number of hydrogen-bond acceptors (Lipinski definition) is 5. The number of hydrogen-bond donors (Lipinski definition) is 1. The first kappa shape index (κ1) is 17.7. The molecule has 0 bridgehead atoms. The number of nitrogens with one attached hydrogen (secondary N) is 1. The lowest BCUT2D eigenvalue weighted by Gasteiger charge is -2.25. The minimum absolute atomic E-state index is 0.405. The van der Waals surface area contributed by atoms with Crippen molar-refractivity contribution in [3.8, 4) is 6.07 Å². The topological polar surface area (TPSA) is 79.2 Å². The van der Waals surface area contributed by atoms with E-state index < -0.39 is 23.5 Å². The van der Waals surface area contributed by atoms with Gasteiger partial charge in [0.15, 0.2) is 0 Å². The standard InChI is InChI=1S/C18H18N2O3S/c1-18(2,3)20-16(21)15(13-8-6-12(11-19)7-9-13)23-17(22)14-5-4-10-24-14/h4-10,15H,1-3H3,(H,20,21)/t15-/m1/s1. The number of ether oxygens (including phenoxy) is 1. The van der Waals surface area contributed by atoms with Gasteiger partial charge < -0.3 is 10.1 Å². The van der Waals surface area contributed by atoms with Crippen molar-refractivity contribution in [3.05, 3.63) is 57.8 Å². The fourth-order valence-electron chi connectivity index (χ4n) is 2.00. The molecule has 0 spiro atoms. The summed E-state index contributed by atoms with van der Waals surface area (Å²) in [7, 11) is 0. The summed E-state index contributed by atoms with van der Waals surface area (Å²) in [5.41, 5.74) is 0.524. The van der Waals surface area contributed by atoms with Gasteiger partial charge in [0.2, 0.25) is 6.10 Å². The van der Waals surface area contributed by atoms with E-state index in [1.165, 1.54) is 11.3 Å². The number of carbonyl (C=O) groups is 2. The zero-order valence-electron chi connectivity index (χ0n) is 13.7. The molecule has 1 heterocycles. The SMILES string of the molecule is CC(C)(C)NC(=O)[C@H](OC(=O)c1cccs1)c1ccc(C#N)cc1. The van der Waals surface area contributed by atoms with E-state index in [9.17, 15) is 9.59 Å². The molecule has 5 nitrogen and oxygen atoms in total. The molecular formula is C18H18N2O3S. The van der Waals surface area contributed by atoms with Gasteiger partial charge in [-0.15, -0.1) is 11.3 Å². The molecule has 6 heteroatoms. The Balaban J connectivity index is 2.28. The third-order valence-corrected chi connectivity index (χ3v) is 3.88. The van der Waals surface area contributed by atoms with Gasteiger partial charge in [0, 0.05) is 11.1 Å². The number of benzene rings is 1. The van der Waals surface area contributed by atoms with Gasteiger partial charge in [-0.2, -0.15) is 5.26 Å². The summed E-state index contributed by atoms with van der Waals surface area (Å²) in [6.45, 7) is 5.55. The molecule has 0 aliphatic heterocycles. The smallest absolute Gasteiger partial charge is 0.349 e. The van der Waals surface area contributed by atoms with E-state index in [1.54, 1.807) is 41.8 Å². The first-order valence-electron chi connectivity index (χ1n) is 7.37. The van der Waals surface area contributed by atoms with Gasteiger partial charge in [-0.05, 0) is 44.4 Å². The molecule has 1 N–H and O–H groups in total. The lowest BCUT2D eigenvalue weighted by molar-refractivity contribution is -0.131. The lowest BCUT2D eigenvalue weighted by Crippen LogP contribution is -2.44. The van der Waals surface area contributed by atoms with Crippen molar-refractivity contribution in [1.82, 2.24) is 5.32 Å². The van der Waals surface area contributed by atoms with Crippen LogP contribution in [0.2, 0.25) is 0 Å². The Labute approximate surface area is 144 Å². The van der Waals surface area contributed by atoms with Crippen molar-refractivity contribution in [3.63, 3.8) is 0 Å². The summed E-state index contributed by atoms with van der Waals surface area (Å²) in [5.74, 6) is -0.958. The quantitative estimate of drug-likeness (QED) is 0.863. The van der Waals surface area contributed by atoms with Gasteiger partial charge >= 0.3 is 5.97 Å². The van der Waals surface area contributed by atoms with Crippen LogP contribution in [0.4, 0.5) is 0 Å². The molecule has 1 atom stereocenters. The minimum Gasteiger partial charge on any atom is -0.443 e. The molecule has 124 valence electrons. The predicted octanol–water partition coefficient (Wildman–Crippen LogP) is 3.43. The molecule has 0 aliphatic rings. The van der Waals surface area contributed by atoms with Crippen LogP contribution in [0, 0.1) is 11.3 Å². The van der Waals surface area contributed by atoms with Gasteiger partial charge in [-0.3, -0.25) is 4.79 Å². The van der Waals surface area contributed by atoms with Crippen molar-refractivity contribution >= 4 is 23.2 Å². The van der Waals surface area contributed by atoms with E-state index in [0.717, 1.165) is 0 Å². The van der Waals surface area contributed by atoms with Crippen molar-refractivity contribution in [2.75, 3.05) is 0 Å². The Kier molecular flexibility index (Phi) is 5.37. The van der Waals surface area contributed by atoms with Crippen LogP contribution in [0.5, 0.6) is 0 Å². The van der Waals surface area contributed by atoms with Gasteiger partial charge in [-0.1, -0.05) is 18.2 Å². The maximum atomic E-state index is 12.6. The molecule has 0 unspecified atom stereocenters. The van der Waals surface area contributed by atoms with E-state index in [0.29, 0.717) is 16.0 Å². The number of nitriles is 1. The summed E-state index contributed by atoms with van der Waals surface area (Å²) in [6, 6.07) is 11.8. The van der Waals surface area contributed by atoms with Crippen LogP contribution < -0.4 is 5.32 Å². The summed E-state index contributed by atoms with van der Waals surface area (Å²) in [6.07, 6.45) is -1.08. The Morgan fingerprint density at radius 1 is 1.21 bits per heavy atom. The van der Waals surface area contributed by atoms with E-state index in [2.05, 4.69) is 5.32 Å². The first-order valence-corrected chi connectivity index (χ1v) is 8.25. The van der Waals surface area contributed by atoms with Crippen LogP contribution >= 0.6 is 11.3 Å². The Bertz CT molecular complexity index is 753. The maximum Gasteiger partial charge on any atom is 0.349 e. The molecule has 0 saturated heterocycles. The van der Waals surface area contributed by atoms with Crippen molar-refractivity contribution in [2.24, 2.45) is 0 Å². The van der Waals surface area contributed by atoms with Gasteiger partial charge in [0.25, 0.3) is 5.91 Å². The van der Waals surface area contributed by atoms with Crippen LogP contribution in [0.3, 0.4) is 0 Å². The molecule has 1 aromatic heterocycles. The molecule has 0 saturated carbocycles. The first-order chi connectivity index (χ1) is 11.3. The summed E-state index contributed by atoms with van der Waals surface area (Å²) in [4.78, 5) is 25.2. The predicted molar refractivity (Wildman–Crippen MR) is 91.5 cm³/mol. The number of rotatable bonds is 4. The van der Waals surface area contributed by atoms with Gasteiger partial charge in [0.05, 0.1) is 11.6 Å². The highest BCUT2D eigenvalue weighted by atomic mass is 32.1. The van der Waals surface area contributed by atoms with Gasteiger partial charge in [-0.25, -0.2) is 4.79 Å². The second-order valence-electron chi connectivity index (χ2n) is 6.24.